The van der Waals surface area contributed by atoms with Gasteiger partial charge in [0.2, 0.25) is 29.1 Å². The Labute approximate surface area is 202 Å². The lowest BCUT2D eigenvalue weighted by Crippen LogP contribution is -2.47. The number of rotatable bonds is 9. The smallest absolute Gasteiger partial charge is 0.230 e. The average Bonchev–Trinajstić information content (AvgIpc) is 3.10. The van der Waals surface area contributed by atoms with Gasteiger partial charge in [-0.2, -0.15) is 0 Å². The Morgan fingerprint density at radius 2 is 1.51 bits per heavy atom. The van der Waals surface area contributed by atoms with Crippen molar-refractivity contribution in [2.75, 3.05) is 17.6 Å². The summed E-state index contributed by atoms with van der Waals surface area (Å²) in [7, 11) is 0. The van der Waals surface area contributed by atoms with Gasteiger partial charge >= 0.3 is 0 Å². The van der Waals surface area contributed by atoms with Crippen molar-refractivity contribution in [3.05, 3.63) is 41.1 Å². The monoisotopic (exact) mass is 508 g/mol. The Balaban J connectivity index is 1.54. The van der Waals surface area contributed by atoms with E-state index in [-0.39, 0.29) is 47.3 Å². The molecule has 0 spiro atoms. The molecule has 0 aliphatic rings. The summed E-state index contributed by atoms with van der Waals surface area (Å²) < 4.78 is 0. The Bertz CT molecular complexity index is 1200. The topological polar surface area (TPSA) is 242 Å². The van der Waals surface area contributed by atoms with E-state index in [0.717, 1.165) is 11.3 Å². The van der Waals surface area contributed by atoms with Crippen LogP contribution in [0.1, 0.15) is 16.8 Å². The number of carbonyl (C=O) groups is 1. The second kappa shape index (κ2) is 10.1. The molecule has 2 aromatic carbocycles. The van der Waals surface area contributed by atoms with Crippen molar-refractivity contribution in [1.82, 2.24) is 10.3 Å². The predicted molar refractivity (Wildman–Crippen MR) is 124 cm³/mol. The first-order valence-electron chi connectivity index (χ1n) is 10.1. The van der Waals surface area contributed by atoms with Crippen LogP contribution in [0.4, 0.5) is 10.8 Å². The first-order valence-corrected chi connectivity index (χ1v) is 10.9. The zero-order chi connectivity index (χ0) is 25.9. The molecular weight excluding hydrogens is 484 g/mol. The van der Waals surface area contributed by atoms with Gasteiger partial charge < -0.3 is 51.9 Å². The lowest BCUT2D eigenvalue weighted by atomic mass is 10.1. The number of phenolic OH excluding ortho intramolecular Hbond substituents is 5. The SMILES string of the molecule is Nc1nc(CC(=O)Nc2ccc(CC(O)(O)NCCc3c(O)c(O)c(O)c(O)c3O)cc2)c(O)s1. The molecule has 35 heavy (non-hydrogen) atoms. The molecule has 188 valence electrons. The molecule has 3 rings (SSSR count). The van der Waals surface area contributed by atoms with Crippen LogP contribution in [0.2, 0.25) is 0 Å². The van der Waals surface area contributed by atoms with Gasteiger partial charge in [0.25, 0.3) is 0 Å². The van der Waals surface area contributed by atoms with Crippen molar-refractivity contribution in [2.45, 2.75) is 25.2 Å². The third-order valence-electron chi connectivity index (χ3n) is 4.96. The molecule has 0 atom stereocenters. The molecule has 1 heterocycles. The normalized spacial score (nSPS) is 11.5. The lowest BCUT2D eigenvalue weighted by Gasteiger charge is -2.23. The molecule has 0 saturated heterocycles. The predicted octanol–water partition coefficient (Wildman–Crippen LogP) is 0.153. The number of aromatic hydroxyl groups is 6. The highest BCUT2D eigenvalue weighted by Gasteiger charge is 2.26. The fraction of sp³-hybridized carbons (Fsp3) is 0.238. The fourth-order valence-corrected chi connectivity index (χ4v) is 3.84. The van der Waals surface area contributed by atoms with Crippen LogP contribution >= 0.6 is 11.3 Å². The number of nitrogens with zero attached hydrogens (tertiary/aromatic N) is 1. The molecule has 14 heteroatoms. The maximum Gasteiger partial charge on any atom is 0.230 e. The minimum Gasteiger partial charge on any atom is -0.504 e. The molecule has 0 fully saturated rings. The number of aliphatic hydroxyl groups is 2. The first kappa shape index (κ1) is 25.6. The van der Waals surface area contributed by atoms with Gasteiger partial charge in [-0.15, -0.1) is 0 Å². The third-order valence-corrected chi connectivity index (χ3v) is 5.69. The van der Waals surface area contributed by atoms with Crippen LogP contribution in [0.25, 0.3) is 0 Å². The van der Waals surface area contributed by atoms with E-state index in [2.05, 4.69) is 15.6 Å². The minimum absolute atomic E-state index is 0.132. The van der Waals surface area contributed by atoms with Crippen molar-refractivity contribution in [1.29, 1.82) is 0 Å². The number of thiazole rings is 1. The van der Waals surface area contributed by atoms with Crippen LogP contribution in [0, 0.1) is 0 Å². The molecule has 3 aromatic rings. The molecule has 0 saturated carbocycles. The lowest BCUT2D eigenvalue weighted by molar-refractivity contribution is -0.183. The van der Waals surface area contributed by atoms with Gasteiger partial charge in [-0.3, -0.25) is 10.1 Å². The summed E-state index contributed by atoms with van der Waals surface area (Å²) in [5, 5.41) is 83.4. The molecule has 0 bridgehead atoms. The summed E-state index contributed by atoms with van der Waals surface area (Å²) in [6.45, 7) is -0.208. The van der Waals surface area contributed by atoms with E-state index in [9.17, 15) is 45.6 Å². The second-order valence-electron chi connectivity index (χ2n) is 7.62. The number of benzene rings is 2. The number of aromatic nitrogens is 1. The Morgan fingerprint density at radius 1 is 0.943 bits per heavy atom. The maximum absolute atomic E-state index is 12.1. The van der Waals surface area contributed by atoms with Gasteiger partial charge in [0.1, 0.15) is 5.69 Å². The number of amides is 1. The summed E-state index contributed by atoms with van der Waals surface area (Å²) in [6.07, 6.45) is -0.701. The van der Waals surface area contributed by atoms with Gasteiger partial charge in [0.05, 0.1) is 6.42 Å². The van der Waals surface area contributed by atoms with Gasteiger partial charge in [0.15, 0.2) is 21.7 Å². The van der Waals surface area contributed by atoms with E-state index in [0.29, 0.717) is 11.3 Å². The number of hydrogen-bond donors (Lipinski definition) is 11. The minimum atomic E-state index is -2.40. The second-order valence-corrected chi connectivity index (χ2v) is 8.63. The van der Waals surface area contributed by atoms with Crippen molar-refractivity contribution >= 4 is 28.1 Å². The molecular formula is C21H24N4O9S. The summed E-state index contributed by atoms with van der Waals surface area (Å²) in [5.41, 5.74) is 6.24. The van der Waals surface area contributed by atoms with Crippen LogP contribution in [0.15, 0.2) is 24.3 Å². The van der Waals surface area contributed by atoms with E-state index in [1.807, 2.05) is 0 Å². The number of anilines is 2. The largest absolute Gasteiger partial charge is 0.504 e. The molecule has 13 nitrogen and oxygen atoms in total. The van der Waals surface area contributed by atoms with Gasteiger partial charge in [-0.25, -0.2) is 4.98 Å². The summed E-state index contributed by atoms with van der Waals surface area (Å²) in [5.74, 6) is -7.67. The van der Waals surface area contributed by atoms with Crippen molar-refractivity contribution in [3.63, 3.8) is 0 Å². The number of phenols is 5. The number of carbonyl (C=O) groups excluding carboxylic acids is 1. The summed E-state index contributed by atoms with van der Waals surface area (Å²) in [6, 6.07) is 6.17. The van der Waals surface area contributed by atoms with Crippen LogP contribution in [0.3, 0.4) is 0 Å². The summed E-state index contributed by atoms with van der Waals surface area (Å²) in [4.78, 5) is 16.0. The first-order chi connectivity index (χ1) is 16.4. The maximum atomic E-state index is 12.1. The zero-order valence-electron chi connectivity index (χ0n) is 18.1. The molecule has 0 radical (unpaired) electrons. The Morgan fingerprint density at radius 3 is 2.06 bits per heavy atom. The highest BCUT2D eigenvalue weighted by molar-refractivity contribution is 7.17. The average molecular weight is 509 g/mol. The van der Waals surface area contributed by atoms with E-state index in [1.54, 1.807) is 12.1 Å². The van der Waals surface area contributed by atoms with E-state index < -0.39 is 40.6 Å². The molecule has 1 aromatic heterocycles. The van der Waals surface area contributed by atoms with Crippen molar-refractivity contribution < 1.29 is 45.6 Å². The van der Waals surface area contributed by atoms with Crippen LogP contribution in [-0.2, 0) is 24.1 Å². The van der Waals surface area contributed by atoms with Gasteiger partial charge in [-0.05, 0) is 24.1 Å². The van der Waals surface area contributed by atoms with Crippen LogP contribution in [0.5, 0.6) is 33.8 Å². The van der Waals surface area contributed by atoms with Gasteiger partial charge in [-0.1, -0.05) is 23.5 Å². The van der Waals surface area contributed by atoms with E-state index in [4.69, 9.17) is 5.73 Å². The highest BCUT2D eigenvalue weighted by Crippen LogP contribution is 2.50. The zero-order valence-corrected chi connectivity index (χ0v) is 18.9. The van der Waals surface area contributed by atoms with Crippen molar-refractivity contribution in [3.8, 4) is 33.8 Å². The van der Waals surface area contributed by atoms with Gasteiger partial charge in [0, 0.05) is 24.2 Å². The number of hydrogen-bond acceptors (Lipinski definition) is 13. The quantitative estimate of drug-likeness (QED) is 0.105. The summed E-state index contributed by atoms with van der Waals surface area (Å²) >= 11 is 0.864. The van der Waals surface area contributed by atoms with Crippen LogP contribution < -0.4 is 16.4 Å². The van der Waals surface area contributed by atoms with Crippen LogP contribution in [-0.4, -0.2) is 64.2 Å². The fourth-order valence-electron chi connectivity index (χ4n) is 3.25. The molecule has 1 amide bonds. The number of nitrogens with one attached hydrogen (secondary N) is 2. The van der Waals surface area contributed by atoms with Crippen molar-refractivity contribution in [2.24, 2.45) is 0 Å². The van der Waals surface area contributed by atoms with E-state index in [1.165, 1.54) is 12.1 Å². The molecule has 0 unspecified atom stereocenters. The highest BCUT2D eigenvalue weighted by atomic mass is 32.1. The molecule has 12 N–H and O–H groups in total. The number of nitrogen functional groups attached to an aromatic ring is 1. The Kier molecular flexibility index (Phi) is 7.40. The molecule has 0 aliphatic carbocycles. The standard InChI is InChI=1S/C21H24N4O9S/c22-20-25-12(19(32)35-20)7-13(26)24-10-3-1-9(2-4-10)8-21(33,34)23-6-5-11-14(27)16(29)18(31)17(30)15(11)28/h1-4,23,27-34H,5-8H2,(H2,22,25)(H,24,26). The Hall–Kier alpha value is -3.98. The third kappa shape index (κ3) is 6.13. The van der Waals surface area contributed by atoms with E-state index >= 15 is 0 Å². The number of nitrogens with two attached hydrogens (primary N) is 1. The molecule has 0 aliphatic heterocycles.